The second kappa shape index (κ2) is 7.23. The maximum absolute atomic E-state index is 11.9. The number of carbonyl (C=O) groups is 2. The normalized spacial score (nSPS) is 15.3. The molecule has 1 aliphatic heterocycles. The summed E-state index contributed by atoms with van der Waals surface area (Å²) in [5, 5.41) is 4.64. The minimum absolute atomic E-state index is 0.0920. The Morgan fingerprint density at radius 3 is 2.68 bits per heavy atom. The molecule has 0 atom stereocenters. The molecule has 2 amide bonds. The molecule has 1 aliphatic rings. The molecule has 0 radical (unpaired) electrons. The molecule has 19 heavy (non-hydrogen) atoms. The van der Waals surface area contributed by atoms with E-state index in [1.165, 1.54) is 6.42 Å². The van der Waals surface area contributed by atoms with Crippen molar-refractivity contribution >= 4 is 45.7 Å². The van der Waals surface area contributed by atoms with Crippen molar-refractivity contribution in [2.45, 2.75) is 25.7 Å². The summed E-state index contributed by atoms with van der Waals surface area (Å²) in [4.78, 5) is 25.6. The molecular weight excluding hydrogens is 375 g/mol. The van der Waals surface area contributed by atoms with Crippen molar-refractivity contribution in [2.24, 2.45) is 0 Å². The van der Waals surface area contributed by atoms with Crippen LogP contribution >= 0.6 is 33.9 Å². The summed E-state index contributed by atoms with van der Waals surface area (Å²) in [6.07, 6.45) is 3.82. The van der Waals surface area contributed by atoms with Crippen LogP contribution in [-0.4, -0.2) is 36.3 Å². The zero-order valence-corrected chi connectivity index (χ0v) is 13.6. The van der Waals surface area contributed by atoms with E-state index in [9.17, 15) is 9.59 Å². The molecule has 0 aliphatic carbocycles. The molecule has 4 nitrogen and oxygen atoms in total. The maximum Gasteiger partial charge on any atom is 0.252 e. The number of likely N-dealkylation sites (tertiary alicyclic amines) is 1. The van der Waals surface area contributed by atoms with E-state index in [-0.39, 0.29) is 11.8 Å². The lowest BCUT2D eigenvalue weighted by atomic mass is 10.1. The predicted molar refractivity (Wildman–Crippen MR) is 84.4 cm³/mol. The van der Waals surface area contributed by atoms with Crippen LogP contribution in [0.15, 0.2) is 11.4 Å². The Labute approximate surface area is 130 Å². The molecule has 0 saturated carbocycles. The van der Waals surface area contributed by atoms with Gasteiger partial charge in [-0.25, -0.2) is 0 Å². The number of halogens is 1. The standard InChI is InChI=1S/C13H17IN2O2S/c14-11-8-10(9-19-11)13(18)15-5-4-12(17)16-6-2-1-3-7-16/h8-9H,1-7H2,(H,15,18). The molecule has 2 rings (SSSR count). The lowest BCUT2D eigenvalue weighted by molar-refractivity contribution is -0.131. The van der Waals surface area contributed by atoms with E-state index < -0.39 is 0 Å². The molecule has 104 valence electrons. The average Bonchev–Trinajstić information content (AvgIpc) is 2.86. The Balaban J connectivity index is 1.71. The van der Waals surface area contributed by atoms with Crippen LogP contribution in [0, 0.1) is 2.88 Å². The van der Waals surface area contributed by atoms with Crippen molar-refractivity contribution in [3.8, 4) is 0 Å². The van der Waals surface area contributed by atoms with Gasteiger partial charge in [0.25, 0.3) is 5.91 Å². The highest BCUT2D eigenvalue weighted by atomic mass is 127. The second-order valence-electron chi connectivity index (χ2n) is 4.59. The first kappa shape index (κ1) is 14.8. The van der Waals surface area contributed by atoms with Gasteiger partial charge in [-0.3, -0.25) is 9.59 Å². The Bertz CT molecular complexity index is 455. The Kier molecular flexibility index (Phi) is 5.62. The Morgan fingerprint density at radius 2 is 2.05 bits per heavy atom. The van der Waals surface area contributed by atoms with Crippen molar-refractivity contribution in [2.75, 3.05) is 19.6 Å². The van der Waals surface area contributed by atoms with Crippen LogP contribution in [0.5, 0.6) is 0 Å². The summed E-state index contributed by atoms with van der Waals surface area (Å²) in [7, 11) is 0. The largest absolute Gasteiger partial charge is 0.351 e. The van der Waals surface area contributed by atoms with Gasteiger partial charge >= 0.3 is 0 Å². The van der Waals surface area contributed by atoms with E-state index in [1.807, 2.05) is 16.3 Å². The molecule has 0 aromatic carbocycles. The van der Waals surface area contributed by atoms with Crippen molar-refractivity contribution < 1.29 is 9.59 Å². The number of thiophene rings is 1. The van der Waals surface area contributed by atoms with Crippen molar-refractivity contribution in [1.82, 2.24) is 10.2 Å². The number of hydrogen-bond acceptors (Lipinski definition) is 3. The lowest BCUT2D eigenvalue weighted by Gasteiger charge is -2.26. The van der Waals surface area contributed by atoms with Crippen LogP contribution in [0.4, 0.5) is 0 Å². The van der Waals surface area contributed by atoms with Crippen LogP contribution in [0.1, 0.15) is 36.0 Å². The smallest absolute Gasteiger partial charge is 0.252 e. The van der Waals surface area contributed by atoms with Crippen LogP contribution in [0.3, 0.4) is 0 Å². The minimum atomic E-state index is -0.0920. The molecule has 1 saturated heterocycles. The van der Waals surface area contributed by atoms with Crippen LogP contribution in [0.25, 0.3) is 0 Å². The molecule has 1 N–H and O–H groups in total. The maximum atomic E-state index is 11.9. The first-order chi connectivity index (χ1) is 9.16. The highest BCUT2D eigenvalue weighted by molar-refractivity contribution is 14.1. The zero-order valence-electron chi connectivity index (χ0n) is 10.7. The van der Waals surface area contributed by atoms with Gasteiger partial charge in [0.1, 0.15) is 0 Å². The van der Waals surface area contributed by atoms with Crippen molar-refractivity contribution in [3.05, 3.63) is 19.9 Å². The van der Waals surface area contributed by atoms with Gasteiger partial charge in [-0.1, -0.05) is 0 Å². The molecule has 0 unspecified atom stereocenters. The van der Waals surface area contributed by atoms with Gasteiger partial charge in [-0.15, -0.1) is 11.3 Å². The van der Waals surface area contributed by atoms with Crippen molar-refractivity contribution in [1.29, 1.82) is 0 Å². The third-order valence-electron chi connectivity index (χ3n) is 3.16. The third-order valence-corrected chi connectivity index (χ3v) is 4.95. The molecule has 2 heterocycles. The van der Waals surface area contributed by atoms with Gasteiger partial charge in [-0.2, -0.15) is 0 Å². The van der Waals surface area contributed by atoms with E-state index in [4.69, 9.17) is 0 Å². The monoisotopic (exact) mass is 392 g/mol. The van der Waals surface area contributed by atoms with Crippen molar-refractivity contribution in [3.63, 3.8) is 0 Å². The summed E-state index contributed by atoms with van der Waals surface area (Å²) < 4.78 is 1.09. The summed E-state index contributed by atoms with van der Waals surface area (Å²) in [6.45, 7) is 2.16. The average molecular weight is 392 g/mol. The van der Waals surface area contributed by atoms with Gasteiger partial charge in [0.2, 0.25) is 5.91 Å². The highest BCUT2D eigenvalue weighted by Crippen LogP contribution is 2.16. The fourth-order valence-electron chi connectivity index (χ4n) is 2.12. The number of carbonyl (C=O) groups excluding carboxylic acids is 2. The number of nitrogens with zero attached hydrogens (tertiary/aromatic N) is 1. The van der Waals surface area contributed by atoms with Gasteiger partial charge in [0.05, 0.1) is 8.45 Å². The van der Waals surface area contributed by atoms with Gasteiger partial charge in [0.15, 0.2) is 0 Å². The molecule has 6 heteroatoms. The quantitative estimate of drug-likeness (QED) is 0.801. The van der Waals surface area contributed by atoms with Gasteiger partial charge < -0.3 is 10.2 Å². The van der Waals surface area contributed by atoms with E-state index in [0.29, 0.717) is 18.5 Å². The zero-order chi connectivity index (χ0) is 13.7. The summed E-state index contributed by atoms with van der Waals surface area (Å²) in [5.41, 5.74) is 0.680. The molecule has 1 fully saturated rings. The fourth-order valence-corrected chi connectivity index (χ4v) is 3.44. The molecule has 1 aromatic rings. The first-order valence-corrected chi connectivity index (χ1v) is 8.42. The first-order valence-electron chi connectivity index (χ1n) is 6.47. The molecule has 1 aromatic heterocycles. The van der Waals surface area contributed by atoms with Crippen LogP contribution in [-0.2, 0) is 4.79 Å². The van der Waals surface area contributed by atoms with E-state index in [1.54, 1.807) is 11.3 Å². The Morgan fingerprint density at radius 1 is 1.32 bits per heavy atom. The van der Waals surface area contributed by atoms with Crippen LogP contribution < -0.4 is 5.32 Å². The number of hydrogen-bond donors (Lipinski definition) is 1. The summed E-state index contributed by atoms with van der Waals surface area (Å²) in [6, 6.07) is 1.85. The SMILES string of the molecule is O=C(NCCC(=O)N1CCCCC1)c1csc(I)c1. The number of nitrogens with one attached hydrogen (secondary N) is 1. The third kappa shape index (κ3) is 4.45. The molecule has 0 bridgehead atoms. The molecular formula is C13H17IN2O2S. The van der Waals surface area contributed by atoms with Crippen LogP contribution in [0.2, 0.25) is 0 Å². The van der Waals surface area contributed by atoms with Gasteiger partial charge in [0, 0.05) is 31.4 Å². The Hall–Kier alpha value is -0.630. The van der Waals surface area contributed by atoms with E-state index in [0.717, 1.165) is 28.8 Å². The summed E-state index contributed by atoms with van der Waals surface area (Å²) >= 11 is 3.74. The highest BCUT2D eigenvalue weighted by Gasteiger charge is 2.16. The topological polar surface area (TPSA) is 49.4 Å². The molecule has 0 spiro atoms. The summed E-state index contributed by atoms with van der Waals surface area (Å²) in [5.74, 6) is 0.0607. The fraction of sp³-hybridized carbons (Fsp3) is 0.538. The van der Waals surface area contributed by atoms with Gasteiger partial charge in [-0.05, 0) is 47.9 Å². The van der Waals surface area contributed by atoms with E-state index in [2.05, 4.69) is 27.9 Å². The van der Waals surface area contributed by atoms with E-state index >= 15 is 0 Å². The number of amides is 2. The minimum Gasteiger partial charge on any atom is -0.351 e. The predicted octanol–water partition coefficient (Wildman–Crippen LogP) is 2.49. The lowest BCUT2D eigenvalue weighted by Crippen LogP contribution is -2.37. The number of piperidine rings is 1. The number of rotatable bonds is 4. The second-order valence-corrected chi connectivity index (χ2v) is 7.39.